The van der Waals surface area contributed by atoms with Crippen LogP contribution >= 0.6 is 0 Å². The van der Waals surface area contributed by atoms with Crippen LogP contribution in [0.25, 0.3) is 0 Å². The molecular weight excluding hydrogens is 310 g/mol. The molecule has 0 amide bonds. The maximum Gasteiger partial charge on any atom is 0.123 e. The van der Waals surface area contributed by atoms with Gasteiger partial charge in [-0.05, 0) is 61.9 Å². The summed E-state index contributed by atoms with van der Waals surface area (Å²) < 4.78 is 5.93. The van der Waals surface area contributed by atoms with E-state index >= 15 is 0 Å². The second kappa shape index (κ2) is 9.51. The van der Waals surface area contributed by atoms with Gasteiger partial charge in [-0.3, -0.25) is 0 Å². The first-order chi connectivity index (χ1) is 10.5. The molecule has 23 heavy (non-hydrogen) atoms. The highest BCUT2D eigenvalue weighted by Crippen LogP contribution is 2.27. The summed E-state index contributed by atoms with van der Waals surface area (Å²) in [6, 6.07) is 6.33. The molecule has 0 saturated carbocycles. The number of rotatable bonds is 6. The molecule has 2 rings (SSSR count). The summed E-state index contributed by atoms with van der Waals surface area (Å²) in [5, 5.41) is 10.3. The number of β-amino-alcohol motifs (C(OH)–C–C–N with tert-alkyl or cyclic N) is 1. The van der Waals surface area contributed by atoms with Gasteiger partial charge in [0.05, 0.1) is 0 Å². The molecule has 1 heterocycles. The molecule has 132 valence electrons. The lowest BCUT2D eigenvalue weighted by Crippen LogP contribution is -3.00. The third-order valence-corrected chi connectivity index (χ3v) is 4.57. The fourth-order valence-electron chi connectivity index (χ4n) is 3.02. The zero-order valence-corrected chi connectivity index (χ0v) is 15.6. The van der Waals surface area contributed by atoms with E-state index in [1.807, 2.05) is 0 Å². The van der Waals surface area contributed by atoms with Gasteiger partial charge in [0.2, 0.25) is 0 Å². The molecule has 4 heteroatoms. The monoisotopic (exact) mass is 340 g/mol. The van der Waals surface area contributed by atoms with Gasteiger partial charge in [-0.15, -0.1) is 0 Å². The van der Waals surface area contributed by atoms with Gasteiger partial charge in [-0.2, -0.15) is 0 Å². The zero-order valence-electron chi connectivity index (χ0n) is 14.9. The van der Waals surface area contributed by atoms with Crippen LogP contribution in [0.2, 0.25) is 0 Å². The lowest BCUT2D eigenvalue weighted by atomic mass is 9.99. The second-order valence-corrected chi connectivity index (χ2v) is 7.14. The fourth-order valence-corrected chi connectivity index (χ4v) is 3.02. The molecule has 0 aliphatic carbocycles. The van der Waals surface area contributed by atoms with Gasteiger partial charge in [0.1, 0.15) is 18.5 Å². The number of aryl methyl sites for hydroxylation is 1. The Morgan fingerprint density at radius 2 is 1.91 bits per heavy atom. The lowest BCUT2D eigenvalue weighted by molar-refractivity contribution is -0.00000709. The fraction of sp³-hybridized carbons (Fsp3) is 0.684. The van der Waals surface area contributed by atoms with Crippen molar-refractivity contribution in [3.8, 4) is 5.75 Å². The van der Waals surface area contributed by atoms with Crippen LogP contribution in [-0.2, 0) is 0 Å². The van der Waals surface area contributed by atoms with Crippen LogP contribution in [0.15, 0.2) is 18.2 Å². The summed E-state index contributed by atoms with van der Waals surface area (Å²) in [5.74, 6) is 2.17. The minimum Gasteiger partial charge on any atom is -1.00 e. The summed E-state index contributed by atoms with van der Waals surface area (Å²) >= 11 is 0. The van der Waals surface area contributed by atoms with Crippen molar-refractivity contribution in [2.24, 2.45) is 5.92 Å². The minimum atomic E-state index is -0.422. The number of hydrogen-bond acceptors (Lipinski definition) is 3. The molecule has 1 aromatic rings. The average Bonchev–Trinajstić information content (AvgIpc) is 2.47. The van der Waals surface area contributed by atoms with Crippen molar-refractivity contribution in [3.63, 3.8) is 0 Å². The van der Waals surface area contributed by atoms with Gasteiger partial charge in [-0.25, -0.2) is 0 Å². The Bertz CT molecular complexity index is 470. The number of halogens is 1. The molecule has 1 aliphatic heterocycles. The third-order valence-electron chi connectivity index (χ3n) is 4.57. The molecule has 1 aromatic carbocycles. The van der Waals surface area contributed by atoms with E-state index in [1.54, 1.807) is 0 Å². The normalized spacial score (nSPS) is 17.8. The summed E-state index contributed by atoms with van der Waals surface area (Å²) in [6.07, 6.45) is 2.06. The molecule has 1 N–H and O–H groups in total. The number of piperidine rings is 1. The number of aliphatic hydroxyl groups is 1. The SMILES string of the molecule is Cc1ccc(C(C)C)c(OCC(O)CN2CCC(C)CC2)c1.[Cl-]. The Kier molecular flexibility index (Phi) is 8.38. The first kappa shape index (κ1) is 20.3. The largest absolute Gasteiger partial charge is 1.00 e. The van der Waals surface area contributed by atoms with Crippen molar-refractivity contribution >= 4 is 0 Å². The molecule has 1 fully saturated rings. The van der Waals surface area contributed by atoms with Crippen molar-refractivity contribution in [3.05, 3.63) is 29.3 Å². The maximum absolute atomic E-state index is 10.3. The molecule has 1 atom stereocenters. The van der Waals surface area contributed by atoms with E-state index in [0.717, 1.165) is 31.3 Å². The predicted molar refractivity (Wildman–Crippen MR) is 91.6 cm³/mol. The standard InChI is InChI=1S/C19H31NO2.ClH/c1-14(2)18-6-5-16(4)11-19(18)22-13-17(21)12-20-9-7-15(3)8-10-20;/h5-6,11,14-15,17,21H,7-10,12-13H2,1-4H3;1H/p-1. The molecule has 0 spiro atoms. The highest BCUT2D eigenvalue weighted by molar-refractivity contribution is 5.39. The summed E-state index contributed by atoms with van der Waals surface area (Å²) in [5.41, 5.74) is 2.41. The molecule has 0 bridgehead atoms. The molecule has 1 aliphatic rings. The Labute approximate surface area is 147 Å². The number of benzene rings is 1. The van der Waals surface area contributed by atoms with E-state index < -0.39 is 6.10 Å². The number of aliphatic hydroxyl groups excluding tert-OH is 1. The minimum absolute atomic E-state index is 0. The Morgan fingerprint density at radius 3 is 2.52 bits per heavy atom. The second-order valence-electron chi connectivity index (χ2n) is 7.14. The topological polar surface area (TPSA) is 32.7 Å². The van der Waals surface area contributed by atoms with E-state index in [-0.39, 0.29) is 12.4 Å². The summed E-state index contributed by atoms with van der Waals surface area (Å²) in [6.45, 7) is 12.0. The number of ether oxygens (including phenoxy) is 1. The van der Waals surface area contributed by atoms with Crippen molar-refractivity contribution in [2.75, 3.05) is 26.2 Å². The Balaban J connectivity index is 0.00000264. The first-order valence-electron chi connectivity index (χ1n) is 8.59. The van der Waals surface area contributed by atoms with Gasteiger partial charge in [-0.1, -0.05) is 32.9 Å². The van der Waals surface area contributed by atoms with E-state index in [2.05, 4.69) is 50.8 Å². The lowest BCUT2D eigenvalue weighted by Gasteiger charge is -2.31. The smallest absolute Gasteiger partial charge is 0.123 e. The molecule has 1 saturated heterocycles. The number of likely N-dealkylation sites (tertiary alicyclic amines) is 1. The van der Waals surface area contributed by atoms with E-state index in [1.165, 1.54) is 24.0 Å². The van der Waals surface area contributed by atoms with Crippen molar-refractivity contribution in [2.45, 2.75) is 52.6 Å². The first-order valence-corrected chi connectivity index (χ1v) is 8.59. The van der Waals surface area contributed by atoms with E-state index in [0.29, 0.717) is 12.5 Å². The molecule has 3 nitrogen and oxygen atoms in total. The van der Waals surface area contributed by atoms with E-state index in [9.17, 15) is 5.11 Å². The van der Waals surface area contributed by atoms with E-state index in [4.69, 9.17) is 4.74 Å². The Hall–Kier alpha value is -0.770. The summed E-state index contributed by atoms with van der Waals surface area (Å²) in [7, 11) is 0. The molecular formula is C19H31ClNO2-. The molecule has 0 aromatic heterocycles. The van der Waals surface area contributed by atoms with Crippen LogP contribution in [0.5, 0.6) is 5.75 Å². The van der Waals surface area contributed by atoms with Crippen LogP contribution in [-0.4, -0.2) is 42.4 Å². The molecule has 1 unspecified atom stereocenters. The van der Waals surface area contributed by atoms with Crippen molar-refractivity contribution in [1.82, 2.24) is 4.90 Å². The third kappa shape index (κ3) is 6.33. The number of hydrogen-bond donors (Lipinski definition) is 1. The zero-order chi connectivity index (χ0) is 16.1. The Morgan fingerprint density at radius 1 is 1.26 bits per heavy atom. The van der Waals surface area contributed by atoms with Crippen LogP contribution in [0.1, 0.15) is 50.7 Å². The average molecular weight is 341 g/mol. The molecule has 0 radical (unpaired) electrons. The van der Waals surface area contributed by atoms with Crippen LogP contribution in [0.4, 0.5) is 0 Å². The van der Waals surface area contributed by atoms with Crippen molar-refractivity contribution in [1.29, 1.82) is 0 Å². The highest BCUT2D eigenvalue weighted by Gasteiger charge is 2.19. The predicted octanol–water partition coefficient (Wildman–Crippen LogP) is 0.594. The van der Waals surface area contributed by atoms with Gasteiger partial charge < -0.3 is 27.2 Å². The maximum atomic E-state index is 10.3. The van der Waals surface area contributed by atoms with Gasteiger partial charge >= 0.3 is 0 Å². The van der Waals surface area contributed by atoms with Crippen LogP contribution < -0.4 is 17.1 Å². The van der Waals surface area contributed by atoms with Crippen molar-refractivity contribution < 1.29 is 22.3 Å². The van der Waals surface area contributed by atoms with Crippen LogP contribution in [0.3, 0.4) is 0 Å². The number of nitrogens with zero attached hydrogens (tertiary/aromatic N) is 1. The van der Waals surface area contributed by atoms with Gasteiger partial charge in [0.15, 0.2) is 0 Å². The quantitative estimate of drug-likeness (QED) is 0.823. The van der Waals surface area contributed by atoms with Crippen LogP contribution in [0, 0.1) is 12.8 Å². The van der Waals surface area contributed by atoms with Gasteiger partial charge in [0.25, 0.3) is 0 Å². The van der Waals surface area contributed by atoms with Gasteiger partial charge in [0, 0.05) is 6.54 Å². The summed E-state index contributed by atoms with van der Waals surface area (Å²) in [4.78, 5) is 2.35. The highest BCUT2D eigenvalue weighted by atomic mass is 35.5.